The fraction of sp³-hybridized carbons (Fsp3) is 0.400. The van der Waals surface area contributed by atoms with Gasteiger partial charge < -0.3 is 5.32 Å². The number of amides is 1. The molecule has 2 aromatic heterocycles. The van der Waals surface area contributed by atoms with E-state index in [2.05, 4.69) is 36.2 Å². The Morgan fingerprint density at radius 1 is 1.48 bits per heavy atom. The second-order valence-corrected chi connectivity index (χ2v) is 6.84. The summed E-state index contributed by atoms with van der Waals surface area (Å²) in [6, 6.07) is 1.92. The van der Waals surface area contributed by atoms with E-state index >= 15 is 0 Å². The highest BCUT2D eigenvalue weighted by Crippen LogP contribution is 2.21. The number of nitrogens with one attached hydrogen (secondary N) is 1. The zero-order valence-corrected chi connectivity index (χ0v) is 13.6. The van der Waals surface area contributed by atoms with E-state index in [-0.39, 0.29) is 11.3 Å². The molecule has 0 spiro atoms. The van der Waals surface area contributed by atoms with E-state index in [0.29, 0.717) is 5.82 Å². The number of aromatic nitrogens is 3. The van der Waals surface area contributed by atoms with Crippen LogP contribution in [0, 0.1) is 5.41 Å². The van der Waals surface area contributed by atoms with Crippen molar-refractivity contribution >= 4 is 29.1 Å². The van der Waals surface area contributed by atoms with Crippen LogP contribution in [0.4, 0.5) is 5.82 Å². The zero-order valence-electron chi connectivity index (χ0n) is 12.8. The van der Waals surface area contributed by atoms with Crippen LogP contribution in [0.3, 0.4) is 0 Å². The first-order valence-electron chi connectivity index (χ1n) is 6.74. The average Bonchev–Trinajstić information content (AvgIpc) is 2.96. The van der Waals surface area contributed by atoms with Crippen molar-refractivity contribution in [2.24, 2.45) is 12.5 Å². The normalized spacial score (nSPS) is 12.0. The van der Waals surface area contributed by atoms with Crippen molar-refractivity contribution in [3.8, 4) is 0 Å². The third-order valence-corrected chi connectivity index (χ3v) is 3.35. The van der Waals surface area contributed by atoms with E-state index in [1.54, 1.807) is 16.3 Å². The molecule has 5 nitrogen and oxygen atoms in total. The van der Waals surface area contributed by atoms with Crippen LogP contribution >= 0.6 is 11.3 Å². The molecule has 2 aromatic rings. The standard InChI is InChI=1S/C15H20N4OS/c1-15(2,3)8-12-7-13(19(4)18-12)17-14(20)6-5-11-9-21-10-16-11/h5-7,9-10H,8H2,1-4H3,(H,17,20). The van der Waals surface area contributed by atoms with Gasteiger partial charge in [0.15, 0.2) is 0 Å². The van der Waals surface area contributed by atoms with Crippen molar-refractivity contribution in [1.29, 1.82) is 0 Å². The van der Waals surface area contributed by atoms with E-state index in [9.17, 15) is 4.79 Å². The number of hydrogen-bond acceptors (Lipinski definition) is 4. The molecule has 0 radical (unpaired) electrons. The lowest BCUT2D eigenvalue weighted by molar-refractivity contribution is -0.111. The smallest absolute Gasteiger partial charge is 0.249 e. The molecule has 112 valence electrons. The quantitative estimate of drug-likeness (QED) is 0.883. The molecule has 0 aliphatic rings. The van der Waals surface area contributed by atoms with Crippen LogP contribution in [0.15, 0.2) is 23.0 Å². The van der Waals surface area contributed by atoms with Crippen LogP contribution in [-0.2, 0) is 18.3 Å². The van der Waals surface area contributed by atoms with Crippen LogP contribution in [0.1, 0.15) is 32.2 Å². The molecule has 21 heavy (non-hydrogen) atoms. The fourth-order valence-corrected chi connectivity index (χ4v) is 2.43. The minimum atomic E-state index is -0.187. The molecule has 1 N–H and O–H groups in total. The summed E-state index contributed by atoms with van der Waals surface area (Å²) >= 11 is 1.50. The lowest BCUT2D eigenvalue weighted by Gasteiger charge is -2.15. The number of rotatable bonds is 4. The number of anilines is 1. The largest absolute Gasteiger partial charge is 0.307 e. The van der Waals surface area contributed by atoms with Crippen molar-refractivity contribution in [2.45, 2.75) is 27.2 Å². The highest BCUT2D eigenvalue weighted by atomic mass is 32.1. The summed E-state index contributed by atoms with van der Waals surface area (Å²) in [6.07, 6.45) is 4.04. The second kappa shape index (κ2) is 6.22. The third kappa shape index (κ3) is 4.82. The number of thiazole rings is 1. The number of aryl methyl sites for hydroxylation is 1. The summed E-state index contributed by atoms with van der Waals surface area (Å²) in [4.78, 5) is 16.0. The number of carbonyl (C=O) groups is 1. The summed E-state index contributed by atoms with van der Waals surface area (Å²) in [6.45, 7) is 6.49. The molecule has 0 fully saturated rings. The van der Waals surface area contributed by atoms with Crippen molar-refractivity contribution < 1.29 is 4.79 Å². The van der Waals surface area contributed by atoms with Gasteiger partial charge in [-0.25, -0.2) is 4.98 Å². The van der Waals surface area contributed by atoms with Crippen LogP contribution in [0.5, 0.6) is 0 Å². The summed E-state index contributed by atoms with van der Waals surface area (Å²) in [5.41, 5.74) is 3.66. The molecule has 0 bridgehead atoms. The number of hydrogen-bond donors (Lipinski definition) is 1. The van der Waals surface area contributed by atoms with Crippen molar-refractivity contribution in [3.05, 3.63) is 34.4 Å². The highest BCUT2D eigenvalue weighted by Gasteiger charge is 2.15. The van der Waals surface area contributed by atoms with Gasteiger partial charge in [-0.2, -0.15) is 5.10 Å². The first kappa shape index (κ1) is 15.4. The van der Waals surface area contributed by atoms with Gasteiger partial charge in [-0.3, -0.25) is 9.48 Å². The topological polar surface area (TPSA) is 59.8 Å². The van der Waals surface area contributed by atoms with E-state index in [4.69, 9.17) is 0 Å². The molecule has 2 rings (SSSR count). The van der Waals surface area contributed by atoms with E-state index < -0.39 is 0 Å². The van der Waals surface area contributed by atoms with E-state index in [0.717, 1.165) is 17.8 Å². The second-order valence-electron chi connectivity index (χ2n) is 6.12. The van der Waals surface area contributed by atoms with Crippen LogP contribution in [-0.4, -0.2) is 20.7 Å². The molecule has 0 saturated heterocycles. The van der Waals surface area contributed by atoms with Crippen LogP contribution in [0.2, 0.25) is 0 Å². The Labute approximate surface area is 128 Å². The number of carbonyl (C=O) groups excluding carboxylic acids is 1. The van der Waals surface area contributed by atoms with Gasteiger partial charge in [-0.15, -0.1) is 11.3 Å². The van der Waals surface area contributed by atoms with Gasteiger partial charge in [0, 0.05) is 24.6 Å². The highest BCUT2D eigenvalue weighted by molar-refractivity contribution is 7.07. The predicted octanol–water partition coefficient (Wildman–Crippen LogP) is 3.12. The van der Waals surface area contributed by atoms with Gasteiger partial charge in [0.25, 0.3) is 0 Å². The zero-order chi connectivity index (χ0) is 15.5. The molecule has 0 aliphatic carbocycles. The number of nitrogens with zero attached hydrogens (tertiary/aromatic N) is 3. The first-order valence-corrected chi connectivity index (χ1v) is 7.68. The van der Waals surface area contributed by atoms with Gasteiger partial charge in [-0.05, 0) is 17.9 Å². The maximum absolute atomic E-state index is 11.9. The Morgan fingerprint density at radius 3 is 2.86 bits per heavy atom. The summed E-state index contributed by atoms with van der Waals surface area (Å²) in [7, 11) is 1.83. The monoisotopic (exact) mass is 304 g/mol. The van der Waals surface area contributed by atoms with Gasteiger partial charge in [0.2, 0.25) is 5.91 Å². The fourth-order valence-electron chi connectivity index (χ4n) is 1.91. The van der Waals surface area contributed by atoms with E-state index in [1.165, 1.54) is 17.4 Å². The van der Waals surface area contributed by atoms with Crippen molar-refractivity contribution in [2.75, 3.05) is 5.32 Å². The van der Waals surface area contributed by atoms with Gasteiger partial charge >= 0.3 is 0 Å². The molecule has 0 aliphatic heterocycles. The average molecular weight is 304 g/mol. The molecule has 0 saturated carbocycles. The molecule has 1 amide bonds. The lowest BCUT2D eigenvalue weighted by atomic mass is 9.91. The lowest BCUT2D eigenvalue weighted by Crippen LogP contribution is -2.11. The Bertz CT molecular complexity index is 635. The summed E-state index contributed by atoms with van der Waals surface area (Å²) in [5.74, 6) is 0.510. The first-order chi connectivity index (χ1) is 9.83. The predicted molar refractivity (Wildman–Crippen MR) is 86.1 cm³/mol. The van der Waals surface area contributed by atoms with Gasteiger partial charge in [0.1, 0.15) is 5.82 Å². The van der Waals surface area contributed by atoms with E-state index in [1.807, 2.05) is 18.5 Å². The Balaban J connectivity index is 2.01. The van der Waals surface area contributed by atoms with Crippen LogP contribution in [0.25, 0.3) is 6.08 Å². The van der Waals surface area contributed by atoms with Gasteiger partial charge in [0.05, 0.1) is 16.9 Å². The Hall–Kier alpha value is -1.95. The Kier molecular flexibility index (Phi) is 4.57. The third-order valence-electron chi connectivity index (χ3n) is 2.75. The maximum atomic E-state index is 11.9. The van der Waals surface area contributed by atoms with Gasteiger partial charge in [-0.1, -0.05) is 20.8 Å². The Morgan fingerprint density at radius 2 is 2.24 bits per heavy atom. The maximum Gasteiger partial charge on any atom is 0.249 e. The minimum Gasteiger partial charge on any atom is -0.307 e. The SMILES string of the molecule is Cn1nc(CC(C)(C)C)cc1NC(=O)C=Cc1cscn1. The molecule has 6 heteroatoms. The molecular formula is C15H20N4OS. The van der Waals surface area contributed by atoms with Crippen molar-refractivity contribution in [1.82, 2.24) is 14.8 Å². The molecular weight excluding hydrogens is 284 g/mol. The molecule has 2 heterocycles. The van der Waals surface area contributed by atoms with Crippen molar-refractivity contribution in [3.63, 3.8) is 0 Å². The molecule has 0 unspecified atom stereocenters. The molecule has 0 aromatic carbocycles. The summed E-state index contributed by atoms with van der Waals surface area (Å²) in [5, 5.41) is 9.14. The van der Waals surface area contributed by atoms with Crippen LogP contribution < -0.4 is 5.32 Å². The minimum absolute atomic E-state index is 0.167. The summed E-state index contributed by atoms with van der Waals surface area (Å²) < 4.78 is 1.69. The molecule has 0 atom stereocenters.